The first kappa shape index (κ1) is 19.5. The topological polar surface area (TPSA) is 79.8 Å². The summed E-state index contributed by atoms with van der Waals surface area (Å²) in [6.45, 7) is 0. The average Bonchev–Trinajstić information content (AvgIpc) is 2.91. The van der Waals surface area contributed by atoms with Crippen molar-refractivity contribution in [2.75, 3.05) is 0 Å². The number of nitrogens with zero attached hydrogens (tertiary/aromatic N) is 3. The van der Waals surface area contributed by atoms with Crippen LogP contribution in [-0.2, 0) is 14.1 Å². The van der Waals surface area contributed by atoms with Crippen molar-refractivity contribution in [3.63, 3.8) is 0 Å². The Morgan fingerprint density at radius 3 is 2.48 bits per heavy atom. The van der Waals surface area contributed by atoms with Gasteiger partial charge in [-0.15, -0.1) is 11.8 Å². The lowest BCUT2D eigenvalue weighted by atomic mass is 10.0. The van der Waals surface area contributed by atoms with Crippen LogP contribution in [0.3, 0.4) is 0 Å². The summed E-state index contributed by atoms with van der Waals surface area (Å²) in [6.07, 6.45) is 0.434. The van der Waals surface area contributed by atoms with Gasteiger partial charge in [-0.25, -0.2) is 0 Å². The maximum absolute atomic E-state index is 13.0. The third-order valence-corrected chi connectivity index (χ3v) is 6.83. The molecule has 8 heteroatoms. The van der Waals surface area contributed by atoms with Gasteiger partial charge in [-0.3, -0.25) is 18.9 Å². The second-order valence-electron chi connectivity index (χ2n) is 6.83. The first-order valence-corrected chi connectivity index (χ1v) is 10.3. The predicted molar refractivity (Wildman–Crippen MR) is 117 cm³/mol. The first-order chi connectivity index (χ1) is 13.9. The van der Waals surface area contributed by atoms with E-state index in [0.717, 1.165) is 16.1 Å². The Hall–Kier alpha value is -2.84. The Balaban J connectivity index is 1.93. The normalized spacial score (nSPS) is 16.1. The Morgan fingerprint density at radius 2 is 1.76 bits per heavy atom. The zero-order valence-corrected chi connectivity index (χ0v) is 17.5. The average molecular weight is 426 g/mol. The Bertz CT molecular complexity index is 1240. The number of hydrogen-bond acceptors (Lipinski definition) is 6. The molecule has 6 nitrogen and oxygen atoms in total. The lowest BCUT2D eigenvalue weighted by molar-refractivity contribution is 0.414. The van der Waals surface area contributed by atoms with Crippen molar-refractivity contribution < 1.29 is 10.2 Å². The minimum Gasteiger partial charge on any atom is -0.508 e. The van der Waals surface area contributed by atoms with Crippen molar-refractivity contribution in [1.82, 2.24) is 9.13 Å². The summed E-state index contributed by atoms with van der Waals surface area (Å²) in [5.41, 5.74) is 2.03. The van der Waals surface area contributed by atoms with Gasteiger partial charge in [0.25, 0.3) is 5.56 Å². The minimum absolute atomic E-state index is 0.0457. The molecule has 3 aromatic rings. The third-order valence-electron chi connectivity index (χ3n) is 4.96. The monoisotopic (exact) mass is 425 g/mol. The van der Waals surface area contributed by atoms with E-state index in [0.29, 0.717) is 12.1 Å². The Kier molecular flexibility index (Phi) is 5.06. The quantitative estimate of drug-likeness (QED) is 0.601. The predicted octanol–water partition coefficient (Wildman–Crippen LogP) is 4.22. The highest BCUT2D eigenvalue weighted by Crippen LogP contribution is 2.45. The highest BCUT2D eigenvalue weighted by atomic mass is 32.2. The van der Waals surface area contributed by atoms with Gasteiger partial charge in [-0.1, -0.05) is 24.3 Å². The van der Waals surface area contributed by atoms with Crippen LogP contribution < -0.4 is 5.56 Å². The summed E-state index contributed by atoms with van der Waals surface area (Å²) in [4.78, 5) is 18.7. The third kappa shape index (κ3) is 3.49. The molecule has 2 aromatic carbocycles. The number of phenols is 1. The number of hydrogen-bond donors (Lipinski definition) is 2. The molecule has 0 bridgehead atoms. The van der Waals surface area contributed by atoms with E-state index in [-0.39, 0.29) is 32.8 Å². The molecule has 0 fully saturated rings. The molecule has 0 unspecified atom stereocenters. The number of aromatic hydroxyl groups is 2. The molecule has 1 aromatic heterocycles. The maximum Gasteiger partial charge on any atom is 0.267 e. The number of benzene rings is 2. The molecule has 0 amide bonds. The molecule has 0 aliphatic carbocycles. The lowest BCUT2D eigenvalue weighted by Crippen LogP contribution is -2.29. The largest absolute Gasteiger partial charge is 0.508 e. The molecular formula is C21H19N3O3S2. The molecular weight excluding hydrogens is 406 g/mol. The molecule has 2 N–H and O–H groups in total. The van der Waals surface area contributed by atoms with E-state index in [1.807, 2.05) is 36.4 Å². The van der Waals surface area contributed by atoms with Crippen LogP contribution in [0.25, 0.3) is 0 Å². The maximum atomic E-state index is 13.0. The van der Waals surface area contributed by atoms with Crippen LogP contribution in [0.15, 0.2) is 63.2 Å². The second kappa shape index (κ2) is 7.53. The van der Waals surface area contributed by atoms with E-state index in [4.69, 9.17) is 17.2 Å². The molecule has 29 heavy (non-hydrogen) atoms. The summed E-state index contributed by atoms with van der Waals surface area (Å²) in [7, 11) is 3.21. The first-order valence-electron chi connectivity index (χ1n) is 8.98. The van der Waals surface area contributed by atoms with Gasteiger partial charge < -0.3 is 10.2 Å². The molecule has 1 aliphatic heterocycles. The van der Waals surface area contributed by atoms with E-state index >= 15 is 0 Å². The van der Waals surface area contributed by atoms with Gasteiger partial charge in [0.15, 0.2) is 4.77 Å². The molecule has 0 saturated carbocycles. The molecule has 0 spiro atoms. The van der Waals surface area contributed by atoms with E-state index in [1.165, 1.54) is 9.13 Å². The number of thioether (sulfide) groups is 1. The molecule has 0 saturated heterocycles. The van der Waals surface area contributed by atoms with Crippen molar-refractivity contribution in [1.29, 1.82) is 0 Å². The van der Waals surface area contributed by atoms with Crippen molar-refractivity contribution in [2.24, 2.45) is 19.1 Å². The molecule has 4 rings (SSSR count). The van der Waals surface area contributed by atoms with E-state index in [1.54, 1.807) is 38.0 Å². The van der Waals surface area contributed by atoms with Crippen LogP contribution in [0.4, 0.5) is 5.69 Å². The molecule has 1 atom stereocenters. The highest BCUT2D eigenvalue weighted by Gasteiger charge is 2.27. The fourth-order valence-corrected chi connectivity index (χ4v) is 4.73. The van der Waals surface area contributed by atoms with Crippen LogP contribution in [0.5, 0.6) is 11.6 Å². The standard InChI is InChI=1S/C21H19N3O3S2/c1-23-19(26)18(20(27)24(2)21(23)28)15-11-17(12-7-9-13(25)10-8-12)29-16-6-4-3-5-14(16)22-15/h3-10,17,25-26H,11H2,1-2H3/t17-/m1/s1. The SMILES string of the molecule is Cn1c(O)c(C2=Nc3ccccc3S[C@@H](c3ccc(O)cc3)C2)c(=O)n(C)c1=S. The minimum atomic E-state index is -0.377. The number of para-hydroxylation sites is 1. The fourth-order valence-electron chi connectivity index (χ4n) is 3.33. The fraction of sp³-hybridized carbons (Fsp3) is 0.190. The number of fused-ring (bicyclic) bond motifs is 1. The van der Waals surface area contributed by atoms with Crippen LogP contribution in [0, 0.1) is 4.77 Å². The van der Waals surface area contributed by atoms with Gasteiger partial charge >= 0.3 is 0 Å². The molecule has 2 heterocycles. The molecule has 0 radical (unpaired) electrons. The van der Waals surface area contributed by atoms with Gasteiger partial charge in [0.2, 0.25) is 5.88 Å². The summed E-state index contributed by atoms with van der Waals surface area (Å²) in [5.74, 6) is 0.00641. The summed E-state index contributed by atoms with van der Waals surface area (Å²) in [5, 5.41) is 20.3. The summed E-state index contributed by atoms with van der Waals surface area (Å²) < 4.78 is 2.98. The zero-order chi connectivity index (χ0) is 20.7. The van der Waals surface area contributed by atoms with Crippen molar-refractivity contribution in [3.05, 3.63) is 74.8 Å². The molecule has 148 valence electrons. The highest BCUT2D eigenvalue weighted by molar-refractivity contribution is 7.99. The van der Waals surface area contributed by atoms with Gasteiger partial charge in [0, 0.05) is 30.7 Å². The summed E-state index contributed by atoms with van der Waals surface area (Å²) >= 11 is 6.87. The van der Waals surface area contributed by atoms with E-state index < -0.39 is 0 Å². The van der Waals surface area contributed by atoms with Crippen molar-refractivity contribution >= 4 is 35.4 Å². The molecule has 1 aliphatic rings. The Labute approximate surface area is 176 Å². The lowest BCUT2D eigenvalue weighted by Gasteiger charge is -2.17. The number of aliphatic imine (C=N–C) groups is 1. The van der Waals surface area contributed by atoms with Crippen molar-refractivity contribution in [3.8, 4) is 11.6 Å². The van der Waals surface area contributed by atoms with Gasteiger partial charge in [-0.05, 0) is 42.0 Å². The second-order valence-corrected chi connectivity index (χ2v) is 8.44. The van der Waals surface area contributed by atoms with Gasteiger partial charge in [0.05, 0.1) is 11.4 Å². The zero-order valence-electron chi connectivity index (χ0n) is 15.9. The van der Waals surface area contributed by atoms with Gasteiger partial charge in [0.1, 0.15) is 11.3 Å². The van der Waals surface area contributed by atoms with Crippen LogP contribution in [-0.4, -0.2) is 25.1 Å². The van der Waals surface area contributed by atoms with E-state index in [2.05, 4.69) is 0 Å². The van der Waals surface area contributed by atoms with E-state index in [9.17, 15) is 15.0 Å². The number of phenolic OH excluding ortho intramolecular Hbond substituents is 1. The number of rotatable bonds is 2. The summed E-state index contributed by atoms with van der Waals surface area (Å²) in [6, 6.07) is 14.7. The smallest absolute Gasteiger partial charge is 0.267 e. The van der Waals surface area contributed by atoms with Crippen molar-refractivity contribution in [2.45, 2.75) is 16.6 Å². The van der Waals surface area contributed by atoms with Gasteiger partial charge in [-0.2, -0.15) is 0 Å². The van der Waals surface area contributed by atoms with Crippen LogP contribution in [0.1, 0.15) is 22.8 Å². The number of aromatic nitrogens is 2. The van der Waals surface area contributed by atoms with Crippen LogP contribution >= 0.6 is 24.0 Å². The van der Waals surface area contributed by atoms with Crippen LogP contribution in [0.2, 0.25) is 0 Å². The Morgan fingerprint density at radius 1 is 1.07 bits per heavy atom.